The zero-order chi connectivity index (χ0) is 16.7. The lowest BCUT2D eigenvalue weighted by Gasteiger charge is -2.17. The number of halogens is 1. The summed E-state index contributed by atoms with van der Waals surface area (Å²) in [7, 11) is -1.54. The molecule has 1 aliphatic rings. The number of hydrogen-bond acceptors (Lipinski definition) is 4. The number of thioether (sulfide) groups is 1. The monoisotopic (exact) mass is 483 g/mol. The van der Waals surface area contributed by atoms with Gasteiger partial charge in [0, 0.05) is 24.9 Å². The molecular formula is C16H26IN3O2S2. The number of benzene rings is 1. The van der Waals surface area contributed by atoms with Crippen LogP contribution in [0.3, 0.4) is 0 Å². The van der Waals surface area contributed by atoms with Crippen molar-refractivity contribution in [2.24, 2.45) is 4.99 Å². The van der Waals surface area contributed by atoms with Crippen LogP contribution in [-0.2, 0) is 9.84 Å². The van der Waals surface area contributed by atoms with Crippen LogP contribution in [0, 0.1) is 0 Å². The van der Waals surface area contributed by atoms with E-state index < -0.39 is 9.84 Å². The molecule has 5 nitrogen and oxygen atoms in total. The SMILES string of the molecule is CN=C(NCCS(=O)(=O)c1ccccc1)NC1CCC(SC)C1.I. The Kier molecular flexibility index (Phi) is 9.43. The maximum absolute atomic E-state index is 12.2. The largest absolute Gasteiger partial charge is 0.355 e. The van der Waals surface area contributed by atoms with Crippen molar-refractivity contribution in [2.75, 3.05) is 25.6 Å². The van der Waals surface area contributed by atoms with Gasteiger partial charge in [-0.2, -0.15) is 11.8 Å². The fourth-order valence-corrected chi connectivity index (χ4v) is 4.70. The van der Waals surface area contributed by atoms with Gasteiger partial charge < -0.3 is 10.6 Å². The molecular weight excluding hydrogens is 457 g/mol. The van der Waals surface area contributed by atoms with Crippen LogP contribution in [0.2, 0.25) is 0 Å². The minimum Gasteiger partial charge on any atom is -0.355 e. The number of hydrogen-bond donors (Lipinski definition) is 2. The van der Waals surface area contributed by atoms with Gasteiger partial charge in [0.1, 0.15) is 0 Å². The second-order valence-corrected chi connectivity index (χ2v) is 8.89. The topological polar surface area (TPSA) is 70.6 Å². The lowest BCUT2D eigenvalue weighted by Crippen LogP contribution is -2.44. The van der Waals surface area contributed by atoms with Gasteiger partial charge >= 0.3 is 0 Å². The fraction of sp³-hybridized carbons (Fsp3) is 0.562. The maximum Gasteiger partial charge on any atom is 0.191 e. The van der Waals surface area contributed by atoms with Crippen molar-refractivity contribution in [3.8, 4) is 0 Å². The maximum atomic E-state index is 12.2. The summed E-state index contributed by atoms with van der Waals surface area (Å²) in [6.45, 7) is 0.343. The molecule has 136 valence electrons. The normalized spacial score (nSPS) is 21.2. The highest BCUT2D eigenvalue weighted by Gasteiger charge is 2.24. The summed E-state index contributed by atoms with van der Waals surface area (Å²) in [6, 6.07) is 8.97. The Morgan fingerprint density at radius 3 is 2.58 bits per heavy atom. The molecule has 1 fully saturated rings. The first-order valence-electron chi connectivity index (χ1n) is 7.83. The van der Waals surface area contributed by atoms with Crippen LogP contribution in [0.15, 0.2) is 40.2 Å². The minimum atomic E-state index is -3.25. The molecule has 0 spiro atoms. The molecule has 0 heterocycles. The summed E-state index contributed by atoms with van der Waals surface area (Å²) >= 11 is 1.91. The second kappa shape index (κ2) is 10.5. The van der Waals surface area contributed by atoms with Gasteiger partial charge in [-0.3, -0.25) is 4.99 Å². The summed E-state index contributed by atoms with van der Waals surface area (Å²) < 4.78 is 24.5. The minimum absolute atomic E-state index is 0. The van der Waals surface area contributed by atoms with Crippen molar-refractivity contribution in [3.05, 3.63) is 30.3 Å². The van der Waals surface area contributed by atoms with Crippen LogP contribution in [-0.4, -0.2) is 51.3 Å². The van der Waals surface area contributed by atoms with E-state index in [9.17, 15) is 8.42 Å². The highest BCUT2D eigenvalue weighted by atomic mass is 127. The Labute approximate surface area is 166 Å². The van der Waals surface area contributed by atoms with Gasteiger partial charge in [-0.25, -0.2) is 8.42 Å². The Balaban J connectivity index is 0.00000288. The first-order valence-corrected chi connectivity index (χ1v) is 10.8. The molecule has 1 aliphatic carbocycles. The van der Waals surface area contributed by atoms with Crippen molar-refractivity contribution < 1.29 is 8.42 Å². The number of aliphatic imine (C=N–C) groups is 1. The average molecular weight is 483 g/mol. The molecule has 0 aromatic heterocycles. The summed E-state index contributed by atoms with van der Waals surface area (Å²) in [5.41, 5.74) is 0. The summed E-state index contributed by atoms with van der Waals surface area (Å²) in [5, 5.41) is 7.21. The van der Waals surface area contributed by atoms with Gasteiger partial charge in [-0.15, -0.1) is 24.0 Å². The number of sulfone groups is 1. The van der Waals surface area contributed by atoms with E-state index in [1.54, 1.807) is 31.3 Å². The van der Waals surface area contributed by atoms with Gasteiger partial charge in [0.2, 0.25) is 0 Å². The Bertz CT molecular complexity index is 623. The lowest BCUT2D eigenvalue weighted by atomic mass is 10.2. The summed E-state index contributed by atoms with van der Waals surface area (Å²) in [6.07, 6.45) is 5.63. The first kappa shape index (κ1) is 21.6. The van der Waals surface area contributed by atoms with Crippen LogP contribution in [0.1, 0.15) is 19.3 Å². The molecule has 8 heteroatoms. The lowest BCUT2D eigenvalue weighted by molar-refractivity contribution is 0.592. The van der Waals surface area contributed by atoms with Gasteiger partial charge in [0.25, 0.3) is 0 Å². The van der Waals surface area contributed by atoms with Crippen LogP contribution >= 0.6 is 35.7 Å². The van der Waals surface area contributed by atoms with Crippen molar-refractivity contribution >= 4 is 51.5 Å². The first-order chi connectivity index (χ1) is 11.0. The van der Waals surface area contributed by atoms with Gasteiger partial charge in [-0.05, 0) is 37.7 Å². The molecule has 0 aliphatic heterocycles. The number of rotatable bonds is 6. The number of nitrogens with one attached hydrogen (secondary N) is 2. The van der Waals surface area contributed by atoms with E-state index in [1.807, 2.05) is 17.8 Å². The molecule has 0 bridgehead atoms. The Hall–Kier alpha value is -0.480. The van der Waals surface area contributed by atoms with E-state index >= 15 is 0 Å². The predicted molar refractivity (Wildman–Crippen MR) is 113 cm³/mol. The molecule has 2 rings (SSSR count). The standard InChI is InChI=1S/C16H25N3O2S2.HI/c1-17-16(19-13-8-9-14(12-13)22-2)18-10-11-23(20,21)15-6-4-3-5-7-15;/h3-7,13-14H,8-12H2,1-2H3,(H2,17,18,19);1H. The van der Waals surface area contributed by atoms with Crippen molar-refractivity contribution in [3.63, 3.8) is 0 Å². The third kappa shape index (κ3) is 6.44. The van der Waals surface area contributed by atoms with Crippen LogP contribution < -0.4 is 10.6 Å². The van der Waals surface area contributed by atoms with E-state index in [0.717, 1.165) is 12.8 Å². The smallest absolute Gasteiger partial charge is 0.191 e. The molecule has 1 saturated carbocycles. The highest BCUT2D eigenvalue weighted by Crippen LogP contribution is 2.27. The van der Waals surface area contributed by atoms with Gasteiger partial charge in [-0.1, -0.05) is 18.2 Å². The molecule has 2 atom stereocenters. The van der Waals surface area contributed by atoms with Gasteiger partial charge in [0.15, 0.2) is 15.8 Å². The van der Waals surface area contributed by atoms with Crippen LogP contribution in [0.5, 0.6) is 0 Å². The van der Waals surface area contributed by atoms with E-state index in [1.165, 1.54) is 6.42 Å². The van der Waals surface area contributed by atoms with E-state index in [-0.39, 0.29) is 29.7 Å². The van der Waals surface area contributed by atoms with E-state index in [2.05, 4.69) is 21.9 Å². The molecule has 2 N–H and O–H groups in total. The molecule has 1 aromatic carbocycles. The van der Waals surface area contributed by atoms with E-state index in [4.69, 9.17) is 0 Å². The average Bonchev–Trinajstić information content (AvgIpc) is 3.02. The summed E-state index contributed by atoms with van der Waals surface area (Å²) in [5.74, 6) is 0.732. The highest BCUT2D eigenvalue weighted by molar-refractivity contribution is 14.0. The second-order valence-electron chi connectivity index (χ2n) is 5.64. The van der Waals surface area contributed by atoms with Gasteiger partial charge in [0.05, 0.1) is 10.6 Å². The molecule has 0 saturated heterocycles. The van der Waals surface area contributed by atoms with Crippen molar-refractivity contribution in [1.29, 1.82) is 0 Å². The third-order valence-electron chi connectivity index (χ3n) is 4.05. The zero-order valence-electron chi connectivity index (χ0n) is 14.1. The number of nitrogens with zero attached hydrogens (tertiary/aromatic N) is 1. The molecule has 1 aromatic rings. The quantitative estimate of drug-likeness (QED) is 0.370. The summed E-state index contributed by atoms with van der Waals surface area (Å²) in [4.78, 5) is 4.55. The van der Waals surface area contributed by atoms with Crippen LogP contribution in [0.25, 0.3) is 0 Å². The third-order valence-corrected chi connectivity index (χ3v) is 6.87. The molecule has 24 heavy (non-hydrogen) atoms. The molecule has 0 amide bonds. The number of guanidine groups is 1. The van der Waals surface area contributed by atoms with Crippen molar-refractivity contribution in [1.82, 2.24) is 10.6 Å². The van der Waals surface area contributed by atoms with Crippen LogP contribution in [0.4, 0.5) is 0 Å². The zero-order valence-corrected chi connectivity index (χ0v) is 18.0. The molecule has 0 radical (unpaired) electrons. The van der Waals surface area contributed by atoms with Crippen molar-refractivity contribution in [2.45, 2.75) is 35.4 Å². The molecule has 2 unspecified atom stereocenters. The van der Waals surface area contributed by atoms with E-state index in [0.29, 0.717) is 28.7 Å². The fourth-order valence-electron chi connectivity index (χ4n) is 2.72. The Morgan fingerprint density at radius 1 is 1.29 bits per heavy atom. The predicted octanol–water partition coefficient (Wildman–Crippen LogP) is 2.53. The Morgan fingerprint density at radius 2 is 2.00 bits per heavy atom.